The quantitative estimate of drug-likeness (QED) is 0.380. The Balaban J connectivity index is 1.64. The van der Waals surface area contributed by atoms with Gasteiger partial charge in [0.1, 0.15) is 11.6 Å². The molecule has 8 heteroatoms. The number of amides is 1. The van der Waals surface area contributed by atoms with Crippen LogP contribution in [0.25, 0.3) is 0 Å². The highest BCUT2D eigenvalue weighted by molar-refractivity contribution is 7.85. The molecule has 5 nitrogen and oxygen atoms in total. The molecule has 0 fully saturated rings. The number of unbranched alkanes of at least 4 members (excludes halogenated alkanes) is 3. The van der Waals surface area contributed by atoms with E-state index in [9.17, 15) is 22.0 Å². The van der Waals surface area contributed by atoms with Crippen LogP contribution in [0.4, 0.5) is 14.5 Å². The van der Waals surface area contributed by atoms with Crippen LogP contribution in [0.15, 0.2) is 42.5 Å². The SMILES string of the molecule is CS(=O)(=O)OCCCCCCC(=O)N1CCCC(c2ccc(F)cc2)c2ccc(F)cc21. The van der Waals surface area contributed by atoms with Crippen LogP contribution in [0.5, 0.6) is 0 Å². The number of anilines is 1. The molecule has 0 spiro atoms. The Morgan fingerprint density at radius 2 is 1.72 bits per heavy atom. The van der Waals surface area contributed by atoms with Crippen molar-refractivity contribution >= 4 is 21.7 Å². The van der Waals surface area contributed by atoms with Crippen molar-refractivity contribution < 1.29 is 26.2 Å². The molecule has 0 N–H and O–H groups in total. The second-order valence-corrected chi connectivity index (χ2v) is 9.83. The van der Waals surface area contributed by atoms with Gasteiger partial charge in [0.25, 0.3) is 10.1 Å². The zero-order valence-corrected chi connectivity index (χ0v) is 19.0. The first-order valence-corrected chi connectivity index (χ1v) is 12.8. The summed E-state index contributed by atoms with van der Waals surface area (Å²) in [5.74, 6) is -0.781. The van der Waals surface area contributed by atoms with Crippen molar-refractivity contribution in [3.63, 3.8) is 0 Å². The van der Waals surface area contributed by atoms with Crippen LogP contribution in [-0.2, 0) is 19.1 Å². The minimum absolute atomic E-state index is 0.0288. The average molecular weight is 466 g/mol. The number of hydrogen-bond donors (Lipinski definition) is 0. The van der Waals surface area contributed by atoms with Gasteiger partial charge in [-0.1, -0.05) is 31.0 Å². The zero-order chi connectivity index (χ0) is 23.1. The van der Waals surface area contributed by atoms with Crippen LogP contribution in [0.1, 0.15) is 62.0 Å². The number of hydrogen-bond acceptors (Lipinski definition) is 4. The Bertz CT molecular complexity index is 1020. The molecule has 1 atom stereocenters. The molecule has 0 saturated carbocycles. The predicted molar refractivity (Wildman–Crippen MR) is 120 cm³/mol. The molecule has 0 saturated heterocycles. The minimum atomic E-state index is -3.42. The van der Waals surface area contributed by atoms with Gasteiger partial charge in [0.15, 0.2) is 0 Å². The highest BCUT2D eigenvalue weighted by Gasteiger charge is 2.27. The third-order valence-corrected chi connectivity index (χ3v) is 6.28. The van der Waals surface area contributed by atoms with E-state index in [2.05, 4.69) is 0 Å². The Kier molecular flexibility index (Phi) is 8.37. The summed E-state index contributed by atoms with van der Waals surface area (Å²) in [7, 11) is -3.42. The van der Waals surface area contributed by atoms with Crippen LogP contribution in [-0.4, -0.2) is 33.7 Å². The van der Waals surface area contributed by atoms with E-state index in [0.29, 0.717) is 31.5 Å². The van der Waals surface area contributed by atoms with Gasteiger partial charge >= 0.3 is 0 Å². The lowest BCUT2D eigenvalue weighted by molar-refractivity contribution is -0.118. The third-order valence-electron chi connectivity index (χ3n) is 5.69. The topological polar surface area (TPSA) is 63.7 Å². The summed E-state index contributed by atoms with van der Waals surface area (Å²) in [5.41, 5.74) is 2.41. The Labute approximate surface area is 188 Å². The summed E-state index contributed by atoms with van der Waals surface area (Å²) in [6, 6.07) is 10.9. The molecule has 0 aliphatic carbocycles. The largest absolute Gasteiger partial charge is 0.312 e. The fourth-order valence-corrected chi connectivity index (χ4v) is 4.57. The van der Waals surface area contributed by atoms with E-state index < -0.39 is 15.9 Å². The summed E-state index contributed by atoms with van der Waals surface area (Å²) in [6.07, 6.45) is 5.72. The summed E-state index contributed by atoms with van der Waals surface area (Å²) in [4.78, 5) is 14.7. The Morgan fingerprint density at radius 3 is 2.44 bits per heavy atom. The van der Waals surface area contributed by atoms with Crippen LogP contribution >= 0.6 is 0 Å². The second kappa shape index (κ2) is 11.0. The smallest absolute Gasteiger partial charge is 0.264 e. The predicted octanol–water partition coefficient (Wildman–Crippen LogP) is 5.15. The fourth-order valence-electron chi connectivity index (χ4n) is 4.15. The molecule has 3 rings (SSSR count). The van der Waals surface area contributed by atoms with E-state index in [0.717, 1.165) is 43.1 Å². The summed E-state index contributed by atoms with van der Waals surface area (Å²) in [5, 5.41) is 0. The maximum absolute atomic E-state index is 14.1. The van der Waals surface area contributed by atoms with Gasteiger partial charge in [0.2, 0.25) is 5.91 Å². The van der Waals surface area contributed by atoms with E-state index in [1.54, 1.807) is 23.1 Å². The number of carbonyl (C=O) groups excluding carboxylic acids is 1. The van der Waals surface area contributed by atoms with Crippen LogP contribution < -0.4 is 4.90 Å². The number of nitrogens with zero attached hydrogens (tertiary/aromatic N) is 1. The molecule has 0 aromatic heterocycles. The molecule has 0 bridgehead atoms. The maximum atomic E-state index is 14.1. The molecule has 2 aromatic carbocycles. The standard InChI is InChI=1S/C24H29F2NO4S/c1-32(29,30)31-16-5-3-2-4-8-24(28)27-15-6-7-21(18-9-11-19(25)12-10-18)22-14-13-20(26)17-23(22)27/h9-14,17,21H,2-8,15-16H2,1H3. The molecule has 1 aliphatic heterocycles. The molecule has 1 heterocycles. The van der Waals surface area contributed by atoms with Gasteiger partial charge in [0, 0.05) is 18.9 Å². The molecule has 1 aliphatic rings. The van der Waals surface area contributed by atoms with E-state index in [1.807, 2.05) is 0 Å². The van der Waals surface area contributed by atoms with Gasteiger partial charge < -0.3 is 4.90 Å². The van der Waals surface area contributed by atoms with Crippen molar-refractivity contribution in [2.24, 2.45) is 0 Å². The van der Waals surface area contributed by atoms with Crippen molar-refractivity contribution in [1.82, 2.24) is 0 Å². The monoisotopic (exact) mass is 465 g/mol. The van der Waals surface area contributed by atoms with Gasteiger partial charge in [-0.2, -0.15) is 8.42 Å². The summed E-state index contributed by atoms with van der Waals surface area (Å²) >= 11 is 0. The van der Waals surface area contributed by atoms with Gasteiger partial charge in [-0.15, -0.1) is 0 Å². The van der Waals surface area contributed by atoms with E-state index in [4.69, 9.17) is 4.18 Å². The first-order chi connectivity index (χ1) is 15.2. The third kappa shape index (κ3) is 6.84. The highest BCUT2D eigenvalue weighted by atomic mass is 32.2. The number of rotatable bonds is 9. The van der Waals surface area contributed by atoms with Crippen LogP contribution in [0.2, 0.25) is 0 Å². The first-order valence-electron chi connectivity index (χ1n) is 10.9. The molecule has 1 unspecified atom stereocenters. The molecular formula is C24H29F2NO4S. The van der Waals surface area contributed by atoms with Gasteiger partial charge in [-0.25, -0.2) is 8.78 Å². The Hall–Kier alpha value is -2.32. The minimum Gasteiger partial charge on any atom is -0.312 e. The molecule has 1 amide bonds. The van der Waals surface area contributed by atoms with Crippen LogP contribution in [0.3, 0.4) is 0 Å². The molecular weight excluding hydrogens is 436 g/mol. The summed E-state index contributed by atoms with van der Waals surface area (Å²) in [6.45, 7) is 0.658. The average Bonchev–Trinajstić information content (AvgIpc) is 2.92. The van der Waals surface area contributed by atoms with Crippen molar-refractivity contribution in [1.29, 1.82) is 0 Å². The normalized spacial score (nSPS) is 16.5. The van der Waals surface area contributed by atoms with Gasteiger partial charge in [0.05, 0.1) is 18.6 Å². The van der Waals surface area contributed by atoms with Crippen molar-refractivity contribution in [3.8, 4) is 0 Å². The van der Waals surface area contributed by atoms with E-state index >= 15 is 0 Å². The number of benzene rings is 2. The summed E-state index contributed by atoms with van der Waals surface area (Å²) < 4.78 is 54.1. The molecule has 2 aromatic rings. The van der Waals surface area contributed by atoms with E-state index in [1.165, 1.54) is 24.3 Å². The van der Waals surface area contributed by atoms with Gasteiger partial charge in [-0.3, -0.25) is 8.98 Å². The lowest BCUT2D eigenvalue weighted by atomic mass is 9.87. The van der Waals surface area contributed by atoms with Crippen molar-refractivity contribution in [3.05, 3.63) is 65.2 Å². The molecule has 32 heavy (non-hydrogen) atoms. The van der Waals surface area contributed by atoms with Gasteiger partial charge in [-0.05, 0) is 61.1 Å². The van der Waals surface area contributed by atoms with E-state index in [-0.39, 0.29) is 24.2 Å². The number of carbonyl (C=O) groups is 1. The zero-order valence-electron chi connectivity index (χ0n) is 18.2. The number of halogens is 2. The maximum Gasteiger partial charge on any atom is 0.264 e. The Morgan fingerprint density at radius 1 is 1.03 bits per heavy atom. The highest BCUT2D eigenvalue weighted by Crippen LogP contribution is 2.39. The second-order valence-electron chi connectivity index (χ2n) is 8.19. The molecule has 0 radical (unpaired) electrons. The number of fused-ring (bicyclic) bond motifs is 1. The lowest BCUT2D eigenvalue weighted by Gasteiger charge is -2.24. The van der Waals surface area contributed by atoms with Crippen molar-refractivity contribution in [2.75, 3.05) is 24.3 Å². The van der Waals surface area contributed by atoms with Crippen molar-refractivity contribution in [2.45, 2.75) is 50.9 Å². The first kappa shape index (κ1) is 24.3. The molecule has 174 valence electrons. The fraction of sp³-hybridized carbons (Fsp3) is 0.458. The lowest BCUT2D eigenvalue weighted by Crippen LogP contribution is -2.31. The van der Waals surface area contributed by atoms with Crippen LogP contribution in [0, 0.1) is 11.6 Å².